The molecular formula is C14H16Cl2N4O. The van der Waals surface area contributed by atoms with Gasteiger partial charge in [0.1, 0.15) is 0 Å². The maximum Gasteiger partial charge on any atom is 0.322 e. The summed E-state index contributed by atoms with van der Waals surface area (Å²) in [4.78, 5) is 12.9. The number of hydrogen-bond acceptors (Lipinski definition) is 5. The number of nitrogens with one attached hydrogen (secondary N) is 1. The van der Waals surface area contributed by atoms with Crippen LogP contribution in [0.4, 0.5) is 5.95 Å². The van der Waals surface area contributed by atoms with E-state index in [0.29, 0.717) is 33.9 Å². The van der Waals surface area contributed by atoms with Gasteiger partial charge in [0.2, 0.25) is 5.95 Å². The van der Waals surface area contributed by atoms with Crippen molar-refractivity contribution in [2.75, 3.05) is 11.9 Å². The summed E-state index contributed by atoms with van der Waals surface area (Å²) in [6.45, 7) is 6.47. The van der Waals surface area contributed by atoms with Crippen LogP contribution in [0, 0.1) is 0 Å². The maximum atomic E-state index is 6.21. The predicted octanol–water partition coefficient (Wildman–Crippen LogP) is 4.06. The Hall–Kier alpha value is -1.59. The summed E-state index contributed by atoms with van der Waals surface area (Å²) in [5.41, 5.74) is 0.677. The molecule has 1 aromatic heterocycles. The fourth-order valence-corrected chi connectivity index (χ4v) is 2.14. The van der Waals surface area contributed by atoms with Crippen molar-refractivity contribution in [2.45, 2.75) is 26.9 Å². The molecule has 0 atom stereocenters. The van der Waals surface area contributed by atoms with E-state index < -0.39 is 0 Å². The molecule has 0 aliphatic heterocycles. The topological polar surface area (TPSA) is 59.9 Å². The van der Waals surface area contributed by atoms with Crippen LogP contribution in [0.25, 0.3) is 11.4 Å². The highest BCUT2D eigenvalue weighted by molar-refractivity contribution is 6.36. The van der Waals surface area contributed by atoms with Gasteiger partial charge in [-0.3, -0.25) is 0 Å². The molecule has 0 saturated carbocycles. The average molecular weight is 327 g/mol. The monoisotopic (exact) mass is 326 g/mol. The Morgan fingerprint density at radius 3 is 2.57 bits per heavy atom. The van der Waals surface area contributed by atoms with Crippen LogP contribution < -0.4 is 10.1 Å². The highest BCUT2D eigenvalue weighted by Crippen LogP contribution is 2.29. The van der Waals surface area contributed by atoms with Crippen molar-refractivity contribution < 1.29 is 4.74 Å². The molecule has 1 N–H and O–H groups in total. The van der Waals surface area contributed by atoms with Gasteiger partial charge in [-0.1, -0.05) is 23.2 Å². The van der Waals surface area contributed by atoms with Gasteiger partial charge < -0.3 is 10.1 Å². The number of aromatic nitrogens is 3. The molecule has 0 unspecified atom stereocenters. The van der Waals surface area contributed by atoms with Crippen LogP contribution in [0.2, 0.25) is 10.0 Å². The number of hydrogen-bond donors (Lipinski definition) is 1. The SMILES string of the molecule is CCNc1nc(OC(C)C)nc(-c2ccc(Cl)cc2Cl)n1. The van der Waals surface area contributed by atoms with E-state index in [1.54, 1.807) is 18.2 Å². The molecule has 2 rings (SSSR count). The fourth-order valence-electron chi connectivity index (χ4n) is 1.65. The van der Waals surface area contributed by atoms with Crippen LogP contribution in [-0.4, -0.2) is 27.6 Å². The third-order valence-electron chi connectivity index (χ3n) is 2.46. The largest absolute Gasteiger partial charge is 0.461 e. The zero-order valence-electron chi connectivity index (χ0n) is 12.0. The second-order valence-electron chi connectivity index (χ2n) is 4.59. The first-order valence-corrected chi connectivity index (χ1v) is 7.37. The molecule has 0 fully saturated rings. The first-order valence-electron chi connectivity index (χ1n) is 6.61. The minimum Gasteiger partial charge on any atom is -0.461 e. The molecule has 5 nitrogen and oxygen atoms in total. The lowest BCUT2D eigenvalue weighted by Gasteiger charge is -2.11. The summed E-state index contributed by atoms with van der Waals surface area (Å²) < 4.78 is 5.56. The van der Waals surface area contributed by atoms with E-state index in [9.17, 15) is 0 Å². The van der Waals surface area contributed by atoms with Gasteiger partial charge in [-0.2, -0.15) is 15.0 Å². The summed E-state index contributed by atoms with van der Waals surface area (Å²) in [6.07, 6.45) is -0.0320. The molecule has 2 aromatic rings. The molecule has 0 saturated heterocycles. The molecule has 21 heavy (non-hydrogen) atoms. The van der Waals surface area contributed by atoms with E-state index in [4.69, 9.17) is 27.9 Å². The third-order valence-corrected chi connectivity index (χ3v) is 3.01. The number of nitrogens with zero attached hydrogens (tertiary/aromatic N) is 3. The third kappa shape index (κ3) is 4.19. The van der Waals surface area contributed by atoms with Crippen molar-refractivity contribution in [3.63, 3.8) is 0 Å². The van der Waals surface area contributed by atoms with Crippen LogP contribution in [0.15, 0.2) is 18.2 Å². The average Bonchev–Trinajstić information content (AvgIpc) is 2.37. The Morgan fingerprint density at radius 1 is 1.19 bits per heavy atom. The number of halogens is 2. The number of ether oxygens (including phenoxy) is 1. The van der Waals surface area contributed by atoms with Crippen LogP contribution in [0.3, 0.4) is 0 Å². The summed E-state index contributed by atoms with van der Waals surface area (Å²) in [5, 5.41) is 4.09. The van der Waals surface area contributed by atoms with E-state index in [-0.39, 0.29) is 12.1 Å². The standard InChI is InChI=1S/C14H16Cl2N4O/c1-4-17-13-18-12(19-14(20-13)21-8(2)3)10-6-5-9(15)7-11(10)16/h5-8H,4H2,1-3H3,(H,17,18,19,20). The molecule has 0 bridgehead atoms. The smallest absolute Gasteiger partial charge is 0.322 e. The van der Waals surface area contributed by atoms with Gasteiger partial charge in [-0.15, -0.1) is 0 Å². The lowest BCUT2D eigenvalue weighted by Crippen LogP contribution is -2.12. The first-order chi connectivity index (χ1) is 9.99. The van der Waals surface area contributed by atoms with Crippen LogP contribution in [-0.2, 0) is 0 Å². The Morgan fingerprint density at radius 2 is 1.95 bits per heavy atom. The van der Waals surface area contributed by atoms with Crippen molar-refractivity contribution in [3.05, 3.63) is 28.2 Å². The highest BCUT2D eigenvalue weighted by atomic mass is 35.5. The molecule has 0 radical (unpaired) electrons. The number of benzene rings is 1. The second kappa shape index (κ2) is 6.91. The fraction of sp³-hybridized carbons (Fsp3) is 0.357. The first kappa shape index (κ1) is 15.8. The van der Waals surface area contributed by atoms with E-state index in [1.165, 1.54) is 0 Å². The van der Waals surface area contributed by atoms with Crippen LogP contribution in [0.5, 0.6) is 6.01 Å². The lowest BCUT2D eigenvalue weighted by molar-refractivity contribution is 0.222. The summed E-state index contributed by atoms with van der Waals surface area (Å²) >= 11 is 12.1. The zero-order valence-corrected chi connectivity index (χ0v) is 13.5. The Bertz CT molecular complexity index is 634. The van der Waals surface area contributed by atoms with Gasteiger partial charge in [-0.25, -0.2) is 0 Å². The predicted molar refractivity (Wildman–Crippen MR) is 85.2 cm³/mol. The summed E-state index contributed by atoms with van der Waals surface area (Å²) in [7, 11) is 0. The van der Waals surface area contributed by atoms with Crippen LogP contribution in [0.1, 0.15) is 20.8 Å². The van der Waals surface area contributed by atoms with Gasteiger partial charge in [-0.05, 0) is 39.0 Å². The normalized spacial score (nSPS) is 10.8. The minimum absolute atomic E-state index is 0.0320. The molecule has 112 valence electrons. The molecular weight excluding hydrogens is 311 g/mol. The Labute approximate surface area is 133 Å². The molecule has 0 aliphatic rings. The Kier molecular flexibility index (Phi) is 5.20. The second-order valence-corrected chi connectivity index (χ2v) is 5.43. The van der Waals surface area contributed by atoms with Gasteiger partial charge in [0, 0.05) is 17.1 Å². The van der Waals surface area contributed by atoms with E-state index in [2.05, 4.69) is 20.3 Å². The van der Waals surface area contributed by atoms with Crippen molar-refractivity contribution in [1.82, 2.24) is 15.0 Å². The van der Waals surface area contributed by atoms with Crippen molar-refractivity contribution in [1.29, 1.82) is 0 Å². The lowest BCUT2D eigenvalue weighted by atomic mass is 10.2. The van der Waals surface area contributed by atoms with Gasteiger partial charge in [0.15, 0.2) is 5.82 Å². The molecule has 0 spiro atoms. The van der Waals surface area contributed by atoms with E-state index >= 15 is 0 Å². The number of rotatable bonds is 5. The van der Waals surface area contributed by atoms with E-state index in [0.717, 1.165) is 0 Å². The van der Waals surface area contributed by atoms with Crippen molar-refractivity contribution in [2.24, 2.45) is 0 Å². The van der Waals surface area contributed by atoms with Gasteiger partial charge >= 0.3 is 6.01 Å². The van der Waals surface area contributed by atoms with Crippen molar-refractivity contribution >= 4 is 29.2 Å². The molecule has 0 aliphatic carbocycles. The van der Waals surface area contributed by atoms with E-state index in [1.807, 2.05) is 20.8 Å². The summed E-state index contributed by atoms with van der Waals surface area (Å²) in [5.74, 6) is 0.891. The van der Waals surface area contributed by atoms with Gasteiger partial charge in [0.05, 0.1) is 11.1 Å². The van der Waals surface area contributed by atoms with Crippen LogP contribution >= 0.6 is 23.2 Å². The molecule has 1 aromatic carbocycles. The van der Waals surface area contributed by atoms with Gasteiger partial charge in [0.25, 0.3) is 0 Å². The Balaban J connectivity index is 2.48. The maximum absolute atomic E-state index is 6.21. The molecule has 0 amide bonds. The minimum atomic E-state index is -0.0320. The van der Waals surface area contributed by atoms with Crippen molar-refractivity contribution in [3.8, 4) is 17.4 Å². The highest BCUT2D eigenvalue weighted by Gasteiger charge is 2.13. The zero-order chi connectivity index (χ0) is 15.4. The summed E-state index contributed by atoms with van der Waals surface area (Å²) in [6, 6.07) is 5.42. The molecule has 1 heterocycles. The quantitative estimate of drug-likeness (QED) is 0.897. The molecule has 7 heteroatoms. The number of anilines is 1.